The van der Waals surface area contributed by atoms with E-state index in [2.05, 4.69) is 14.7 Å². The van der Waals surface area contributed by atoms with E-state index in [-0.39, 0.29) is 11.4 Å². The zero-order valence-electron chi connectivity index (χ0n) is 10.5. The molecule has 104 valence electrons. The molecule has 2 aromatic rings. The Morgan fingerprint density at radius 3 is 2.53 bits per heavy atom. The highest BCUT2D eigenvalue weighted by atomic mass is 32.2. The van der Waals surface area contributed by atoms with Gasteiger partial charge in [-0.05, 0) is 32.0 Å². The number of imidazole rings is 1. The molecular weight excluding hydrogens is 270 g/mol. The van der Waals surface area contributed by atoms with Crippen LogP contribution in [0.15, 0.2) is 27.9 Å². The largest absolute Gasteiger partial charge is 0.389 e. The standard InChI is InChI=1S/C11H15N3O4S/c1-11(2,16)6-12-19(17,18)7-3-4-8-9(5-7)14-10(15)13-8/h3-5,12,16H,6H2,1-2H3,(H2,13,14,15). The van der Waals surface area contributed by atoms with E-state index in [1.807, 2.05) is 0 Å². The molecule has 0 unspecified atom stereocenters. The second-order valence-electron chi connectivity index (χ2n) is 4.92. The van der Waals surface area contributed by atoms with Crippen molar-refractivity contribution < 1.29 is 13.5 Å². The molecule has 0 amide bonds. The maximum absolute atomic E-state index is 12.0. The van der Waals surface area contributed by atoms with Crippen LogP contribution in [-0.2, 0) is 10.0 Å². The number of fused-ring (bicyclic) bond motifs is 1. The summed E-state index contributed by atoms with van der Waals surface area (Å²) in [4.78, 5) is 16.1. The van der Waals surface area contributed by atoms with Crippen molar-refractivity contribution in [1.29, 1.82) is 0 Å². The lowest BCUT2D eigenvalue weighted by atomic mass is 10.1. The van der Waals surface area contributed by atoms with Gasteiger partial charge in [-0.3, -0.25) is 0 Å². The Labute approximate surface area is 109 Å². The van der Waals surface area contributed by atoms with Crippen LogP contribution in [0, 0.1) is 0 Å². The Morgan fingerprint density at radius 2 is 1.89 bits per heavy atom. The quantitative estimate of drug-likeness (QED) is 0.628. The van der Waals surface area contributed by atoms with Gasteiger partial charge in [-0.1, -0.05) is 0 Å². The van der Waals surface area contributed by atoms with Gasteiger partial charge >= 0.3 is 5.69 Å². The van der Waals surface area contributed by atoms with E-state index in [1.165, 1.54) is 32.0 Å². The Morgan fingerprint density at radius 1 is 1.26 bits per heavy atom. The summed E-state index contributed by atoms with van der Waals surface area (Å²) in [7, 11) is -3.72. The fraction of sp³-hybridized carbons (Fsp3) is 0.364. The second-order valence-corrected chi connectivity index (χ2v) is 6.69. The van der Waals surface area contributed by atoms with E-state index in [1.54, 1.807) is 0 Å². The van der Waals surface area contributed by atoms with Crippen LogP contribution in [0.1, 0.15) is 13.8 Å². The minimum absolute atomic E-state index is 0.0273. The van der Waals surface area contributed by atoms with Crippen molar-refractivity contribution in [3.8, 4) is 0 Å². The maximum Gasteiger partial charge on any atom is 0.323 e. The molecule has 0 aliphatic heterocycles. The van der Waals surface area contributed by atoms with Crippen molar-refractivity contribution >= 4 is 21.1 Å². The van der Waals surface area contributed by atoms with Gasteiger partial charge in [0.1, 0.15) is 0 Å². The summed E-state index contributed by atoms with van der Waals surface area (Å²) in [5.74, 6) is 0. The molecule has 1 heterocycles. The van der Waals surface area contributed by atoms with Crippen molar-refractivity contribution in [3.63, 3.8) is 0 Å². The lowest BCUT2D eigenvalue weighted by molar-refractivity contribution is 0.0857. The van der Waals surface area contributed by atoms with E-state index < -0.39 is 21.3 Å². The van der Waals surface area contributed by atoms with Gasteiger partial charge < -0.3 is 15.1 Å². The normalized spacial score (nSPS) is 13.0. The monoisotopic (exact) mass is 285 g/mol. The fourth-order valence-corrected chi connectivity index (χ4v) is 2.76. The molecule has 0 radical (unpaired) electrons. The van der Waals surface area contributed by atoms with Gasteiger partial charge in [0.05, 0.1) is 21.5 Å². The van der Waals surface area contributed by atoms with Crippen molar-refractivity contribution in [2.45, 2.75) is 24.3 Å². The molecule has 0 aliphatic rings. The van der Waals surface area contributed by atoms with Gasteiger partial charge in [0, 0.05) is 6.54 Å². The molecule has 1 aromatic carbocycles. The van der Waals surface area contributed by atoms with Crippen LogP contribution in [-0.4, -0.2) is 35.6 Å². The van der Waals surface area contributed by atoms with E-state index in [4.69, 9.17) is 0 Å². The van der Waals surface area contributed by atoms with Crippen LogP contribution < -0.4 is 10.4 Å². The zero-order chi connectivity index (χ0) is 14.3. The van der Waals surface area contributed by atoms with Crippen LogP contribution in [0.25, 0.3) is 11.0 Å². The van der Waals surface area contributed by atoms with Crippen molar-refractivity contribution in [2.75, 3.05) is 6.54 Å². The molecule has 2 rings (SSSR count). The van der Waals surface area contributed by atoms with Gasteiger partial charge in [-0.2, -0.15) is 0 Å². The molecule has 0 fully saturated rings. The number of rotatable bonds is 4. The van der Waals surface area contributed by atoms with Gasteiger partial charge in [0.25, 0.3) is 0 Å². The van der Waals surface area contributed by atoms with E-state index in [0.717, 1.165) is 0 Å². The highest BCUT2D eigenvalue weighted by Gasteiger charge is 2.20. The fourth-order valence-electron chi connectivity index (χ4n) is 1.53. The van der Waals surface area contributed by atoms with Gasteiger partial charge in [-0.15, -0.1) is 0 Å². The average molecular weight is 285 g/mol. The summed E-state index contributed by atoms with van der Waals surface area (Å²) in [6.07, 6.45) is 0. The molecule has 7 nitrogen and oxygen atoms in total. The highest BCUT2D eigenvalue weighted by Crippen LogP contribution is 2.15. The Kier molecular flexibility index (Phi) is 3.25. The third kappa shape index (κ3) is 3.22. The molecule has 0 spiro atoms. The van der Waals surface area contributed by atoms with E-state index in [0.29, 0.717) is 11.0 Å². The maximum atomic E-state index is 12.0. The predicted octanol–water partition coefficient (Wildman–Crippen LogP) is -0.0946. The first-order valence-corrected chi connectivity index (χ1v) is 7.10. The smallest absolute Gasteiger partial charge is 0.323 e. The third-order valence-corrected chi connectivity index (χ3v) is 3.89. The number of hydrogen-bond acceptors (Lipinski definition) is 4. The molecule has 0 saturated heterocycles. The number of sulfonamides is 1. The Balaban J connectivity index is 2.34. The molecule has 19 heavy (non-hydrogen) atoms. The summed E-state index contributed by atoms with van der Waals surface area (Å²) in [5, 5.41) is 9.52. The first kappa shape index (κ1) is 13.8. The summed E-state index contributed by atoms with van der Waals surface area (Å²) in [6, 6.07) is 4.25. The number of nitrogens with one attached hydrogen (secondary N) is 3. The summed E-state index contributed by atoms with van der Waals surface area (Å²) >= 11 is 0. The van der Waals surface area contributed by atoms with Crippen molar-refractivity contribution in [1.82, 2.24) is 14.7 Å². The first-order valence-electron chi connectivity index (χ1n) is 5.61. The molecule has 0 saturated carbocycles. The number of aliphatic hydroxyl groups is 1. The number of aromatic amines is 2. The van der Waals surface area contributed by atoms with Crippen LogP contribution in [0.4, 0.5) is 0 Å². The van der Waals surface area contributed by atoms with Crippen LogP contribution in [0.3, 0.4) is 0 Å². The molecule has 0 aliphatic carbocycles. The van der Waals surface area contributed by atoms with Gasteiger partial charge in [-0.25, -0.2) is 17.9 Å². The molecule has 0 bridgehead atoms. The molecular formula is C11H15N3O4S. The van der Waals surface area contributed by atoms with Crippen molar-refractivity contribution in [2.24, 2.45) is 0 Å². The topological polar surface area (TPSA) is 115 Å². The van der Waals surface area contributed by atoms with Crippen LogP contribution in [0.5, 0.6) is 0 Å². The van der Waals surface area contributed by atoms with Gasteiger partial charge in [0.15, 0.2) is 0 Å². The first-order chi connectivity index (χ1) is 8.67. The number of H-pyrrole nitrogens is 2. The predicted molar refractivity (Wildman–Crippen MR) is 70.4 cm³/mol. The SMILES string of the molecule is CC(C)(O)CNS(=O)(=O)c1ccc2[nH]c(=O)[nH]c2c1. The zero-order valence-corrected chi connectivity index (χ0v) is 11.3. The van der Waals surface area contributed by atoms with E-state index >= 15 is 0 Å². The number of benzene rings is 1. The lowest BCUT2D eigenvalue weighted by Gasteiger charge is -2.17. The van der Waals surface area contributed by atoms with Crippen molar-refractivity contribution in [3.05, 3.63) is 28.7 Å². The Hall–Kier alpha value is -1.64. The number of aromatic nitrogens is 2. The molecule has 4 N–H and O–H groups in total. The average Bonchev–Trinajstić information content (AvgIpc) is 2.64. The summed E-state index contributed by atoms with van der Waals surface area (Å²) in [5.41, 5.74) is -0.587. The minimum Gasteiger partial charge on any atom is -0.389 e. The summed E-state index contributed by atoms with van der Waals surface area (Å²) in [6.45, 7) is 2.90. The van der Waals surface area contributed by atoms with E-state index in [9.17, 15) is 18.3 Å². The molecule has 0 atom stereocenters. The lowest BCUT2D eigenvalue weighted by Crippen LogP contribution is -2.38. The Bertz CT molecular complexity index is 752. The molecule has 1 aromatic heterocycles. The summed E-state index contributed by atoms with van der Waals surface area (Å²) < 4.78 is 26.3. The van der Waals surface area contributed by atoms with Gasteiger partial charge in [0.2, 0.25) is 10.0 Å². The third-order valence-electron chi connectivity index (χ3n) is 2.49. The van der Waals surface area contributed by atoms with Crippen LogP contribution >= 0.6 is 0 Å². The molecule has 8 heteroatoms. The highest BCUT2D eigenvalue weighted by molar-refractivity contribution is 7.89. The second kappa shape index (κ2) is 4.48. The number of hydrogen-bond donors (Lipinski definition) is 4. The van der Waals surface area contributed by atoms with Crippen LogP contribution in [0.2, 0.25) is 0 Å². The minimum atomic E-state index is -3.72.